The van der Waals surface area contributed by atoms with Crippen molar-refractivity contribution in [1.29, 1.82) is 0 Å². The molecule has 6 nitrogen and oxygen atoms in total. The van der Waals surface area contributed by atoms with Gasteiger partial charge in [-0.25, -0.2) is 4.90 Å². The van der Waals surface area contributed by atoms with Gasteiger partial charge in [-0.1, -0.05) is 41.9 Å². The van der Waals surface area contributed by atoms with E-state index in [1.807, 2.05) is 19.1 Å². The molecule has 1 N–H and O–H groups in total. The van der Waals surface area contributed by atoms with Gasteiger partial charge in [0.2, 0.25) is 0 Å². The van der Waals surface area contributed by atoms with E-state index in [1.54, 1.807) is 67.8 Å². The number of amides is 2. The summed E-state index contributed by atoms with van der Waals surface area (Å²) in [7, 11) is 1.54. The smallest absolute Gasteiger partial charge is 0.282 e. The van der Waals surface area contributed by atoms with Gasteiger partial charge >= 0.3 is 0 Å². The maximum atomic E-state index is 13.5. The maximum Gasteiger partial charge on any atom is 0.282 e. The van der Waals surface area contributed by atoms with Crippen LogP contribution in [-0.4, -0.2) is 25.5 Å². The van der Waals surface area contributed by atoms with Crippen molar-refractivity contribution in [3.63, 3.8) is 0 Å². The molecule has 3 aromatic rings. The number of hydrogen-bond donors (Lipinski definition) is 1. The highest BCUT2D eigenvalue weighted by Crippen LogP contribution is 2.36. The first-order chi connectivity index (χ1) is 15.5. The van der Waals surface area contributed by atoms with Crippen molar-refractivity contribution in [2.75, 3.05) is 23.9 Å². The predicted molar refractivity (Wildman–Crippen MR) is 125 cm³/mol. The second kappa shape index (κ2) is 9.16. The van der Waals surface area contributed by atoms with Gasteiger partial charge in [0, 0.05) is 5.02 Å². The van der Waals surface area contributed by atoms with Gasteiger partial charge in [0.1, 0.15) is 17.2 Å². The number of anilines is 2. The van der Waals surface area contributed by atoms with E-state index >= 15 is 0 Å². The second-order valence-electron chi connectivity index (χ2n) is 6.96. The van der Waals surface area contributed by atoms with E-state index in [0.717, 1.165) is 4.90 Å². The summed E-state index contributed by atoms with van der Waals surface area (Å²) in [6.45, 7) is 2.43. The monoisotopic (exact) mass is 448 g/mol. The van der Waals surface area contributed by atoms with Gasteiger partial charge in [0.05, 0.1) is 30.7 Å². The number of halogens is 1. The molecule has 0 atom stereocenters. The Morgan fingerprint density at radius 3 is 2.38 bits per heavy atom. The minimum absolute atomic E-state index is 0.156. The molecule has 0 bridgehead atoms. The van der Waals surface area contributed by atoms with E-state index in [-0.39, 0.29) is 11.3 Å². The third-order valence-electron chi connectivity index (χ3n) is 4.97. The number of carbonyl (C=O) groups excluding carboxylic acids is 2. The highest BCUT2D eigenvalue weighted by molar-refractivity contribution is 6.46. The van der Waals surface area contributed by atoms with Gasteiger partial charge in [-0.2, -0.15) is 0 Å². The fraction of sp³-hybridized carbons (Fsp3) is 0.120. The van der Waals surface area contributed by atoms with Crippen molar-refractivity contribution in [1.82, 2.24) is 0 Å². The lowest BCUT2D eigenvalue weighted by Crippen LogP contribution is -2.32. The first kappa shape index (κ1) is 21.5. The van der Waals surface area contributed by atoms with Gasteiger partial charge in [-0.15, -0.1) is 0 Å². The average molecular weight is 449 g/mol. The molecule has 0 saturated carbocycles. The zero-order chi connectivity index (χ0) is 22.7. The minimum Gasteiger partial charge on any atom is -0.495 e. The number of nitrogens with one attached hydrogen (secondary N) is 1. The molecule has 7 heteroatoms. The Balaban J connectivity index is 1.82. The van der Waals surface area contributed by atoms with Crippen LogP contribution in [0.4, 0.5) is 11.4 Å². The largest absolute Gasteiger partial charge is 0.495 e. The Morgan fingerprint density at radius 2 is 1.69 bits per heavy atom. The van der Waals surface area contributed by atoms with Gasteiger partial charge in [0.25, 0.3) is 11.8 Å². The standard InChI is InChI=1S/C25H21ClN2O4/c1-3-32-19-13-11-16(12-14-19)22-23(27-20-9-4-5-10-21(20)31-2)25(30)28(24(22)29)18-8-6-7-17(26)15-18/h4-15,27H,3H2,1-2H3. The van der Waals surface area contributed by atoms with Crippen LogP contribution in [0.15, 0.2) is 78.5 Å². The summed E-state index contributed by atoms with van der Waals surface area (Å²) in [6, 6.07) is 20.9. The molecule has 32 heavy (non-hydrogen) atoms. The number of benzene rings is 3. The Bertz CT molecular complexity index is 1200. The molecule has 3 aromatic carbocycles. The van der Waals surface area contributed by atoms with Gasteiger partial charge in [0.15, 0.2) is 0 Å². The summed E-state index contributed by atoms with van der Waals surface area (Å²) in [5.74, 6) is 0.304. The van der Waals surface area contributed by atoms with Crippen LogP contribution in [-0.2, 0) is 9.59 Å². The van der Waals surface area contributed by atoms with Crippen LogP contribution >= 0.6 is 11.6 Å². The number of hydrogen-bond acceptors (Lipinski definition) is 5. The number of carbonyl (C=O) groups is 2. The van der Waals surface area contributed by atoms with Crippen molar-refractivity contribution in [3.8, 4) is 11.5 Å². The van der Waals surface area contributed by atoms with E-state index in [9.17, 15) is 9.59 Å². The first-order valence-corrected chi connectivity index (χ1v) is 10.4. The van der Waals surface area contributed by atoms with E-state index < -0.39 is 11.8 Å². The molecule has 0 aromatic heterocycles. The van der Waals surface area contributed by atoms with Crippen molar-refractivity contribution >= 4 is 40.4 Å². The fourth-order valence-electron chi connectivity index (χ4n) is 3.53. The number of nitrogens with zero attached hydrogens (tertiary/aromatic N) is 1. The predicted octanol–water partition coefficient (Wildman–Crippen LogP) is 5.14. The Morgan fingerprint density at radius 1 is 0.938 bits per heavy atom. The lowest BCUT2D eigenvalue weighted by Gasteiger charge is -2.16. The zero-order valence-electron chi connectivity index (χ0n) is 17.6. The van der Waals surface area contributed by atoms with Crippen LogP contribution in [0.1, 0.15) is 12.5 Å². The third-order valence-corrected chi connectivity index (χ3v) is 5.21. The highest BCUT2D eigenvalue weighted by atomic mass is 35.5. The van der Waals surface area contributed by atoms with E-state index in [4.69, 9.17) is 21.1 Å². The molecule has 2 amide bonds. The quantitative estimate of drug-likeness (QED) is 0.506. The molecule has 0 spiro atoms. The third kappa shape index (κ3) is 4.05. The summed E-state index contributed by atoms with van der Waals surface area (Å²) in [4.78, 5) is 28.1. The van der Waals surface area contributed by atoms with Crippen molar-refractivity contribution in [3.05, 3.63) is 89.1 Å². The molecule has 0 unspecified atom stereocenters. The van der Waals surface area contributed by atoms with Crippen LogP contribution in [0, 0.1) is 0 Å². The van der Waals surface area contributed by atoms with E-state index in [0.29, 0.717) is 40.1 Å². The summed E-state index contributed by atoms with van der Waals surface area (Å²) in [6.07, 6.45) is 0. The van der Waals surface area contributed by atoms with Gasteiger partial charge in [-0.3, -0.25) is 9.59 Å². The number of ether oxygens (including phenoxy) is 2. The van der Waals surface area contributed by atoms with Crippen LogP contribution in [0.25, 0.3) is 5.57 Å². The number of rotatable bonds is 7. The fourth-order valence-corrected chi connectivity index (χ4v) is 3.71. The average Bonchev–Trinajstić information content (AvgIpc) is 3.04. The minimum atomic E-state index is -0.480. The van der Waals surface area contributed by atoms with Gasteiger partial charge < -0.3 is 14.8 Å². The Kier molecular flexibility index (Phi) is 6.14. The first-order valence-electron chi connectivity index (χ1n) is 10.1. The molecule has 162 valence electrons. The van der Waals surface area contributed by atoms with Gasteiger partial charge in [-0.05, 0) is 55.0 Å². The summed E-state index contributed by atoms with van der Waals surface area (Å²) in [5.41, 5.74) is 1.97. The maximum absolute atomic E-state index is 13.5. The Labute approximate surface area is 191 Å². The van der Waals surface area contributed by atoms with Crippen LogP contribution in [0.5, 0.6) is 11.5 Å². The lowest BCUT2D eigenvalue weighted by atomic mass is 10.0. The molecule has 1 aliphatic heterocycles. The zero-order valence-corrected chi connectivity index (χ0v) is 18.3. The molecule has 0 radical (unpaired) electrons. The summed E-state index contributed by atoms with van der Waals surface area (Å²) >= 11 is 6.12. The molecule has 0 fully saturated rings. The Hall–Kier alpha value is -3.77. The van der Waals surface area contributed by atoms with E-state index in [1.165, 1.54) is 0 Å². The van der Waals surface area contributed by atoms with Crippen molar-refractivity contribution < 1.29 is 19.1 Å². The van der Waals surface area contributed by atoms with Crippen molar-refractivity contribution in [2.45, 2.75) is 6.92 Å². The molecule has 1 heterocycles. The number of para-hydroxylation sites is 2. The highest BCUT2D eigenvalue weighted by Gasteiger charge is 2.40. The van der Waals surface area contributed by atoms with Crippen molar-refractivity contribution in [2.24, 2.45) is 0 Å². The van der Waals surface area contributed by atoms with Crippen LogP contribution < -0.4 is 19.7 Å². The lowest BCUT2D eigenvalue weighted by molar-refractivity contribution is -0.120. The molecular formula is C25H21ClN2O4. The molecule has 1 aliphatic rings. The summed E-state index contributed by atoms with van der Waals surface area (Å²) in [5, 5.41) is 3.55. The molecular weight excluding hydrogens is 428 g/mol. The second-order valence-corrected chi connectivity index (χ2v) is 7.39. The molecule has 0 aliphatic carbocycles. The SMILES string of the molecule is CCOc1ccc(C2=C(Nc3ccccc3OC)C(=O)N(c3cccc(Cl)c3)C2=O)cc1. The number of imide groups is 1. The van der Waals surface area contributed by atoms with E-state index in [2.05, 4.69) is 5.32 Å². The van der Waals surface area contributed by atoms with Crippen LogP contribution in [0.3, 0.4) is 0 Å². The topological polar surface area (TPSA) is 67.9 Å². The molecule has 4 rings (SSSR count). The summed E-state index contributed by atoms with van der Waals surface area (Å²) < 4.78 is 10.9. The number of methoxy groups -OCH3 is 1. The molecule has 0 saturated heterocycles. The normalized spacial score (nSPS) is 13.5. The van der Waals surface area contributed by atoms with Crippen LogP contribution in [0.2, 0.25) is 5.02 Å².